The van der Waals surface area contributed by atoms with Crippen molar-refractivity contribution < 1.29 is 0 Å². The van der Waals surface area contributed by atoms with Gasteiger partial charge >= 0.3 is 0 Å². The standard InChI is InChI=1S/C10H13N3/c1-8(7-11)13-6-2-3-9-10(13)4-5-12-9/h2-6,8H,7,11H2,1H3. The molecule has 2 rings (SSSR count). The van der Waals surface area contributed by atoms with E-state index in [1.54, 1.807) is 0 Å². The van der Waals surface area contributed by atoms with Crippen LogP contribution in [0.15, 0.2) is 30.6 Å². The van der Waals surface area contributed by atoms with Crippen LogP contribution in [0.1, 0.15) is 13.0 Å². The van der Waals surface area contributed by atoms with Crippen LogP contribution >= 0.6 is 0 Å². The summed E-state index contributed by atoms with van der Waals surface area (Å²) < 4.78 is 2.16. The summed E-state index contributed by atoms with van der Waals surface area (Å²) in [6.07, 6.45) is 3.87. The SMILES string of the molecule is CC(CN)n1cccc2nccc1-2. The predicted octanol–water partition coefficient (Wildman–Crippen LogP) is 1.51. The highest BCUT2D eigenvalue weighted by Gasteiger charge is 2.10. The molecule has 0 aromatic heterocycles. The van der Waals surface area contributed by atoms with Crippen LogP contribution in [0.5, 0.6) is 0 Å². The summed E-state index contributed by atoms with van der Waals surface area (Å²) in [6, 6.07) is 6.35. The van der Waals surface area contributed by atoms with E-state index >= 15 is 0 Å². The Morgan fingerprint density at radius 2 is 2.38 bits per heavy atom. The molecular weight excluding hydrogens is 162 g/mol. The number of pyridine rings is 1. The smallest absolute Gasteiger partial charge is 0.0867 e. The molecule has 3 nitrogen and oxygen atoms in total. The zero-order valence-electron chi connectivity index (χ0n) is 7.64. The fourth-order valence-corrected chi connectivity index (χ4v) is 1.49. The van der Waals surface area contributed by atoms with Crippen LogP contribution in [0.2, 0.25) is 0 Å². The zero-order valence-corrected chi connectivity index (χ0v) is 7.64. The molecular formula is C10H13N3. The monoisotopic (exact) mass is 175 g/mol. The number of hydrogen-bond donors (Lipinski definition) is 1. The average Bonchev–Trinajstić information content (AvgIpc) is 2.63. The van der Waals surface area contributed by atoms with Crippen LogP contribution in [0.3, 0.4) is 0 Å². The molecule has 0 bridgehead atoms. The second kappa shape index (κ2) is 3.18. The highest BCUT2D eigenvalue weighted by Crippen LogP contribution is 2.22. The van der Waals surface area contributed by atoms with Crippen molar-refractivity contribution in [3.8, 4) is 11.4 Å². The van der Waals surface area contributed by atoms with Gasteiger partial charge in [-0.1, -0.05) is 0 Å². The number of fused-ring (bicyclic) bond motifs is 1. The molecule has 0 aliphatic carbocycles. The molecule has 2 aliphatic heterocycles. The van der Waals surface area contributed by atoms with Crippen molar-refractivity contribution >= 4 is 0 Å². The number of rotatable bonds is 2. The van der Waals surface area contributed by atoms with Crippen LogP contribution in [-0.4, -0.2) is 16.1 Å². The quantitative estimate of drug-likeness (QED) is 0.751. The van der Waals surface area contributed by atoms with Gasteiger partial charge in [0.2, 0.25) is 0 Å². The van der Waals surface area contributed by atoms with Crippen molar-refractivity contribution in [1.82, 2.24) is 9.55 Å². The Hall–Kier alpha value is -1.35. The van der Waals surface area contributed by atoms with Gasteiger partial charge in [0.05, 0.1) is 11.4 Å². The minimum atomic E-state index is 0.327. The van der Waals surface area contributed by atoms with Gasteiger partial charge in [0, 0.05) is 25.0 Å². The molecule has 0 fully saturated rings. The highest BCUT2D eigenvalue weighted by atomic mass is 15.0. The van der Waals surface area contributed by atoms with Crippen molar-refractivity contribution in [3.63, 3.8) is 0 Å². The summed E-state index contributed by atoms with van der Waals surface area (Å²) in [5, 5.41) is 0. The lowest BCUT2D eigenvalue weighted by Gasteiger charge is -2.17. The number of nitrogens with two attached hydrogens (primary N) is 1. The van der Waals surface area contributed by atoms with Crippen molar-refractivity contribution in [2.24, 2.45) is 5.73 Å². The molecule has 2 heterocycles. The van der Waals surface area contributed by atoms with Gasteiger partial charge in [-0.15, -0.1) is 0 Å². The lowest BCUT2D eigenvalue weighted by Crippen LogP contribution is -2.17. The van der Waals surface area contributed by atoms with Gasteiger partial charge in [0.15, 0.2) is 0 Å². The first-order valence-electron chi connectivity index (χ1n) is 4.44. The van der Waals surface area contributed by atoms with Crippen LogP contribution in [0.4, 0.5) is 0 Å². The van der Waals surface area contributed by atoms with Crippen molar-refractivity contribution in [2.45, 2.75) is 13.0 Å². The Kier molecular flexibility index (Phi) is 2.02. The Morgan fingerprint density at radius 3 is 3.15 bits per heavy atom. The maximum absolute atomic E-state index is 5.62. The second-order valence-electron chi connectivity index (χ2n) is 3.22. The van der Waals surface area contributed by atoms with E-state index in [1.165, 1.54) is 0 Å². The van der Waals surface area contributed by atoms with Gasteiger partial charge in [0.25, 0.3) is 0 Å². The van der Waals surface area contributed by atoms with E-state index in [-0.39, 0.29) is 0 Å². The second-order valence-corrected chi connectivity index (χ2v) is 3.22. The van der Waals surface area contributed by atoms with Gasteiger partial charge in [-0.05, 0) is 25.1 Å². The topological polar surface area (TPSA) is 43.8 Å². The Bertz CT molecular complexity index is 366. The third-order valence-corrected chi connectivity index (χ3v) is 2.30. The lowest BCUT2D eigenvalue weighted by molar-refractivity contribution is 0.560. The first-order chi connectivity index (χ1) is 6.33. The first-order valence-corrected chi connectivity index (χ1v) is 4.44. The average molecular weight is 175 g/mol. The maximum atomic E-state index is 5.62. The third kappa shape index (κ3) is 1.31. The van der Waals surface area contributed by atoms with E-state index in [0.717, 1.165) is 11.4 Å². The van der Waals surface area contributed by atoms with Crippen LogP contribution < -0.4 is 5.73 Å². The van der Waals surface area contributed by atoms with Crippen molar-refractivity contribution in [1.29, 1.82) is 0 Å². The molecule has 0 amide bonds. The summed E-state index contributed by atoms with van der Waals surface area (Å²) in [7, 11) is 0. The molecule has 13 heavy (non-hydrogen) atoms. The van der Waals surface area contributed by atoms with Gasteiger partial charge in [-0.25, -0.2) is 0 Å². The van der Waals surface area contributed by atoms with Crippen molar-refractivity contribution in [3.05, 3.63) is 30.6 Å². The van der Waals surface area contributed by atoms with E-state index < -0.39 is 0 Å². The molecule has 2 N–H and O–H groups in total. The molecule has 2 aliphatic rings. The van der Waals surface area contributed by atoms with E-state index in [0.29, 0.717) is 12.6 Å². The predicted molar refractivity (Wildman–Crippen MR) is 52.6 cm³/mol. The molecule has 0 spiro atoms. The minimum Gasteiger partial charge on any atom is -0.342 e. The minimum absolute atomic E-state index is 0.327. The van der Waals surface area contributed by atoms with Gasteiger partial charge < -0.3 is 10.3 Å². The van der Waals surface area contributed by atoms with E-state index in [2.05, 4.69) is 16.5 Å². The van der Waals surface area contributed by atoms with Crippen LogP contribution in [0.25, 0.3) is 11.4 Å². The van der Waals surface area contributed by atoms with E-state index in [1.807, 2.05) is 30.6 Å². The summed E-state index contributed by atoms with van der Waals surface area (Å²) in [4.78, 5) is 4.23. The third-order valence-electron chi connectivity index (χ3n) is 2.30. The van der Waals surface area contributed by atoms with Crippen molar-refractivity contribution in [2.75, 3.05) is 6.54 Å². The Balaban J connectivity index is 2.52. The summed E-state index contributed by atoms with van der Waals surface area (Å²) in [5.41, 5.74) is 7.81. The van der Waals surface area contributed by atoms with Gasteiger partial charge in [-0.3, -0.25) is 4.98 Å². The Morgan fingerprint density at radius 1 is 1.54 bits per heavy atom. The normalized spacial score (nSPS) is 13.4. The van der Waals surface area contributed by atoms with E-state index in [9.17, 15) is 0 Å². The maximum Gasteiger partial charge on any atom is 0.0867 e. The number of nitrogens with zero attached hydrogens (tertiary/aromatic N) is 2. The van der Waals surface area contributed by atoms with Gasteiger partial charge in [-0.2, -0.15) is 0 Å². The molecule has 0 aromatic carbocycles. The summed E-state index contributed by atoms with van der Waals surface area (Å²) >= 11 is 0. The molecule has 1 unspecified atom stereocenters. The molecule has 0 radical (unpaired) electrons. The fraction of sp³-hybridized carbons (Fsp3) is 0.300. The number of hydrogen-bond acceptors (Lipinski definition) is 2. The molecule has 68 valence electrons. The molecule has 0 aromatic rings. The first kappa shape index (κ1) is 8.26. The zero-order chi connectivity index (χ0) is 9.26. The Labute approximate surface area is 77.5 Å². The van der Waals surface area contributed by atoms with Gasteiger partial charge in [0.1, 0.15) is 0 Å². The molecule has 0 saturated heterocycles. The molecule has 1 atom stereocenters. The highest BCUT2D eigenvalue weighted by molar-refractivity contribution is 5.56. The summed E-state index contributed by atoms with van der Waals surface area (Å²) in [6.45, 7) is 2.75. The molecule has 0 saturated carbocycles. The lowest BCUT2D eigenvalue weighted by atomic mass is 10.2. The van der Waals surface area contributed by atoms with Crippen LogP contribution in [0, 0.1) is 0 Å². The fourth-order valence-electron chi connectivity index (χ4n) is 1.49. The largest absolute Gasteiger partial charge is 0.342 e. The number of aromatic nitrogens is 2. The van der Waals surface area contributed by atoms with E-state index in [4.69, 9.17) is 5.73 Å². The molecule has 3 heteroatoms. The summed E-state index contributed by atoms with van der Waals surface area (Å²) in [5.74, 6) is 0. The van der Waals surface area contributed by atoms with Crippen LogP contribution in [-0.2, 0) is 0 Å².